The summed E-state index contributed by atoms with van der Waals surface area (Å²) in [5.41, 5.74) is 6.65. The van der Waals surface area contributed by atoms with Crippen LogP contribution in [0.25, 0.3) is 0 Å². The first-order chi connectivity index (χ1) is 8.70. The van der Waals surface area contributed by atoms with Crippen LogP contribution in [0.15, 0.2) is 41.6 Å². The number of nitrogens with zero attached hydrogens (tertiary/aromatic N) is 1. The van der Waals surface area contributed by atoms with E-state index in [1.165, 1.54) is 11.8 Å². The van der Waals surface area contributed by atoms with Gasteiger partial charge in [0.25, 0.3) is 0 Å². The first-order valence-corrected chi connectivity index (χ1v) is 6.77. The Morgan fingerprint density at radius 2 is 2.00 bits per heavy atom. The summed E-state index contributed by atoms with van der Waals surface area (Å²) in [6, 6.07) is 8.86. The largest absolute Gasteiger partial charge is 0.326 e. The summed E-state index contributed by atoms with van der Waals surface area (Å²) < 4.78 is 13.9. The van der Waals surface area contributed by atoms with Gasteiger partial charge in [-0.25, -0.2) is 9.37 Å². The SMILES string of the molecule is NCc1cccc(CSc2ccc(Cl)cn2)c1F. The Bertz CT molecular complexity index is 531. The monoisotopic (exact) mass is 282 g/mol. The maximum atomic E-state index is 13.9. The minimum Gasteiger partial charge on any atom is -0.326 e. The number of rotatable bonds is 4. The second-order valence-electron chi connectivity index (χ2n) is 3.70. The number of hydrogen-bond donors (Lipinski definition) is 1. The number of halogens is 2. The van der Waals surface area contributed by atoms with Gasteiger partial charge in [-0.15, -0.1) is 11.8 Å². The number of thioether (sulfide) groups is 1. The van der Waals surface area contributed by atoms with Crippen molar-refractivity contribution in [2.24, 2.45) is 5.73 Å². The highest BCUT2D eigenvalue weighted by Crippen LogP contribution is 2.24. The van der Waals surface area contributed by atoms with Crippen LogP contribution in [0.2, 0.25) is 5.02 Å². The molecule has 0 radical (unpaired) electrons. The van der Waals surface area contributed by atoms with Gasteiger partial charge in [0.1, 0.15) is 5.82 Å². The van der Waals surface area contributed by atoms with Gasteiger partial charge < -0.3 is 5.73 Å². The number of aromatic nitrogens is 1. The highest BCUT2D eigenvalue weighted by molar-refractivity contribution is 7.98. The molecule has 1 heterocycles. The Morgan fingerprint density at radius 3 is 2.67 bits per heavy atom. The molecule has 5 heteroatoms. The Kier molecular flexibility index (Phi) is 4.58. The summed E-state index contributed by atoms with van der Waals surface area (Å²) in [5, 5.41) is 1.41. The second kappa shape index (κ2) is 6.18. The van der Waals surface area contributed by atoms with E-state index in [2.05, 4.69) is 4.98 Å². The average molecular weight is 283 g/mol. The molecule has 0 aliphatic heterocycles. The quantitative estimate of drug-likeness (QED) is 0.871. The van der Waals surface area contributed by atoms with E-state index in [0.29, 0.717) is 21.9 Å². The van der Waals surface area contributed by atoms with Crippen LogP contribution in [-0.4, -0.2) is 4.98 Å². The van der Waals surface area contributed by atoms with E-state index in [1.807, 2.05) is 12.1 Å². The Hall–Kier alpha value is -1.10. The molecular weight excluding hydrogens is 271 g/mol. The molecule has 0 saturated carbocycles. The van der Waals surface area contributed by atoms with Gasteiger partial charge in [0.15, 0.2) is 0 Å². The van der Waals surface area contributed by atoms with Crippen molar-refractivity contribution in [3.63, 3.8) is 0 Å². The molecule has 0 aliphatic carbocycles. The number of pyridine rings is 1. The van der Waals surface area contributed by atoms with E-state index >= 15 is 0 Å². The van der Waals surface area contributed by atoms with Crippen LogP contribution in [0.5, 0.6) is 0 Å². The van der Waals surface area contributed by atoms with Gasteiger partial charge in [-0.3, -0.25) is 0 Å². The van der Waals surface area contributed by atoms with Gasteiger partial charge in [-0.1, -0.05) is 29.8 Å². The second-order valence-corrected chi connectivity index (χ2v) is 5.13. The van der Waals surface area contributed by atoms with Crippen LogP contribution >= 0.6 is 23.4 Å². The summed E-state index contributed by atoms with van der Waals surface area (Å²) in [6.07, 6.45) is 1.58. The van der Waals surface area contributed by atoms with Gasteiger partial charge in [0.05, 0.1) is 10.0 Å². The summed E-state index contributed by atoms with van der Waals surface area (Å²) in [6.45, 7) is 0.212. The molecule has 0 atom stereocenters. The lowest BCUT2D eigenvalue weighted by Gasteiger charge is -2.06. The van der Waals surface area contributed by atoms with Crippen molar-refractivity contribution in [1.29, 1.82) is 0 Å². The molecule has 0 spiro atoms. The number of hydrogen-bond acceptors (Lipinski definition) is 3. The molecule has 0 bridgehead atoms. The van der Waals surface area contributed by atoms with Crippen molar-refractivity contribution in [3.05, 3.63) is 58.5 Å². The third-order valence-corrected chi connectivity index (χ3v) is 3.67. The summed E-state index contributed by atoms with van der Waals surface area (Å²) in [7, 11) is 0. The van der Waals surface area contributed by atoms with Gasteiger partial charge in [0, 0.05) is 24.1 Å². The molecule has 0 aliphatic rings. The van der Waals surface area contributed by atoms with E-state index in [9.17, 15) is 4.39 Å². The third kappa shape index (κ3) is 3.22. The normalized spacial score (nSPS) is 10.6. The summed E-state index contributed by atoms with van der Waals surface area (Å²) >= 11 is 7.21. The summed E-state index contributed by atoms with van der Waals surface area (Å²) in [4.78, 5) is 4.15. The van der Waals surface area contributed by atoms with Crippen molar-refractivity contribution in [2.75, 3.05) is 0 Å². The molecule has 0 fully saturated rings. The van der Waals surface area contributed by atoms with Crippen LogP contribution in [0.1, 0.15) is 11.1 Å². The Morgan fingerprint density at radius 1 is 1.22 bits per heavy atom. The lowest BCUT2D eigenvalue weighted by molar-refractivity contribution is 0.600. The predicted octanol–water partition coefficient (Wildman–Crippen LogP) is 3.63. The lowest BCUT2D eigenvalue weighted by Crippen LogP contribution is -2.02. The van der Waals surface area contributed by atoms with Crippen LogP contribution in [0.4, 0.5) is 4.39 Å². The first-order valence-electron chi connectivity index (χ1n) is 5.41. The summed E-state index contributed by atoms with van der Waals surface area (Å²) in [5.74, 6) is 0.301. The molecule has 1 aromatic heterocycles. The van der Waals surface area contributed by atoms with Crippen LogP contribution in [-0.2, 0) is 12.3 Å². The molecule has 2 nitrogen and oxygen atoms in total. The molecule has 18 heavy (non-hydrogen) atoms. The Labute approximate surface area is 114 Å². The molecule has 0 saturated heterocycles. The lowest BCUT2D eigenvalue weighted by atomic mass is 10.1. The zero-order chi connectivity index (χ0) is 13.0. The van der Waals surface area contributed by atoms with Crippen LogP contribution in [0, 0.1) is 5.82 Å². The highest BCUT2D eigenvalue weighted by atomic mass is 35.5. The van der Waals surface area contributed by atoms with Crippen molar-refractivity contribution in [2.45, 2.75) is 17.3 Å². The molecule has 0 amide bonds. The van der Waals surface area contributed by atoms with E-state index in [0.717, 1.165) is 5.03 Å². The zero-order valence-corrected chi connectivity index (χ0v) is 11.1. The Balaban J connectivity index is 2.08. The van der Waals surface area contributed by atoms with Crippen molar-refractivity contribution >= 4 is 23.4 Å². The van der Waals surface area contributed by atoms with Gasteiger partial charge in [-0.05, 0) is 17.7 Å². The average Bonchev–Trinajstić information content (AvgIpc) is 2.39. The molecule has 2 aromatic rings. The maximum Gasteiger partial charge on any atom is 0.131 e. The molecule has 0 unspecified atom stereocenters. The molecule has 2 N–H and O–H groups in total. The van der Waals surface area contributed by atoms with Crippen molar-refractivity contribution < 1.29 is 4.39 Å². The molecular formula is C13H12ClFN2S. The first kappa shape index (κ1) is 13.3. The van der Waals surface area contributed by atoms with Crippen LogP contribution < -0.4 is 5.73 Å². The minimum absolute atomic E-state index is 0.212. The standard InChI is InChI=1S/C13H12ClFN2S/c14-11-4-5-12(17-7-11)18-8-10-3-1-2-9(6-16)13(10)15/h1-5,7H,6,8,16H2. The predicted molar refractivity (Wildman–Crippen MR) is 73.1 cm³/mol. The van der Waals surface area contributed by atoms with Crippen LogP contribution in [0.3, 0.4) is 0 Å². The smallest absolute Gasteiger partial charge is 0.131 e. The van der Waals surface area contributed by atoms with Crippen molar-refractivity contribution in [3.8, 4) is 0 Å². The van der Waals surface area contributed by atoms with E-state index in [1.54, 1.807) is 24.4 Å². The number of benzene rings is 1. The van der Waals surface area contributed by atoms with Crippen molar-refractivity contribution in [1.82, 2.24) is 4.98 Å². The van der Waals surface area contributed by atoms with E-state index < -0.39 is 0 Å². The van der Waals surface area contributed by atoms with E-state index in [-0.39, 0.29) is 12.4 Å². The topological polar surface area (TPSA) is 38.9 Å². The van der Waals surface area contributed by atoms with Gasteiger partial charge in [0.2, 0.25) is 0 Å². The third-order valence-electron chi connectivity index (χ3n) is 2.45. The fraction of sp³-hybridized carbons (Fsp3) is 0.154. The number of nitrogens with two attached hydrogens (primary N) is 1. The zero-order valence-electron chi connectivity index (χ0n) is 9.57. The fourth-order valence-corrected chi connectivity index (χ4v) is 2.43. The van der Waals surface area contributed by atoms with Gasteiger partial charge in [-0.2, -0.15) is 0 Å². The van der Waals surface area contributed by atoms with Gasteiger partial charge >= 0.3 is 0 Å². The highest BCUT2D eigenvalue weighted by Gasteiger charge is 2.07. The fourth-order valence-electron chi connectivity index (χ4n) is 1.50. The molecule has 2 rings (SSSR count). The minimum atomic E-state index is -0.221. The molecule has 94 valence electrons. The molecule has 1 aromatic carbocycles. The maximum absolute atomic E-state index is 13.9. The van der Waals surface area contributed by atoms with E-state index in [4.69, 9.17) is 17.3 Å².